The normalized spacial score (nSPS) is 9.68. The number of fused-ring (bicyclic) bond motifs is 4. The predicted octanol–water partition coefficient (Wildman–Crippen LogP) is 4.55. The molecule has 0 aliphatic carbocycles. The summed E-state index contributed by atoms with van der Waals surface area (Å²) in [7, 11) is 0. The van der Waals surface area contributed by atoms with Gasteiger partial charge in [0.25, 0.3) is 5.97 Å². The SMILES string of the molecule is CC(=O)O.O.Sc1cccc2ccc3cc4ccccc4cc3c12.[H-].[H-].[Mg+2]. The smallest absolute Gasteiger partial charge is 1.00 e. The van der Waals surface area contributed by atoms with Crippen molar-refractivity contribution in [2.24, 2.45) is 0 Å². The maximum atomic E-state index is 9.00. The van der Waals surface area contributed by atoms with Crippen LogP contribution in [0.25, 0.3) is 32.3 Å². The molecule has 0 spiro atoms. The van der Waals surface area contributed by atoms with Gasteiger partial charge in [0.1, 0.15) is 0 Å². The second-order valence-corrected chi connectivity index (χ2v) is 5.86. The van der Waals surface area contributed by atoms with Gasteiger partial charge < -0.3 is 13.4 Å². The van der Waals surface area contributed by atoms with Crippen molar-refractivity contribution in [2.75, 3.05) is 0 Å². The predicted molar refractivity (Wildman–Crippen MR) is 111 cm³/mol. The Bertz CT molecular complexity index is 1040. The van der Waals surface area contributed by atoms with Crippen molar-refractivity contribution in [3.8, 4) is 0 Å². The summed E-state index contributed by atoms with van der Waals surface area (Å²) in [5, 5.41) is 15.0. The number of hydrogen-bond acceptors (Lipinski definition) is 2. The second-order valence-electron chi connectivity index (χ2n) is 5.38. The first-order chi connectivity index (χ1) is 11.1. The van der Waals surface area contributed by atoms with Gasteiger partial charge in [-0.15, -0.1) is 12.6 Å². The summed E-state index contributed by atoms with van der Waals surface area (Å²) in [6.45, 7) is 1.08. The van der Waals surface area contributed by atoms with Crippen LogP contribution in [0.4, 0.5) is 0 Å². The Labute approximate surface area is 170 Å². The molecule has 0 radical (unpaired) electrons. The molecule has 4 aromatic carbocycles. The van der Waals surface area contributed by atoms with E-state index in [0.29, 0.717) is 0 Å². The van der Waals surface area contributed by atoms with Crippen molar-refractivity contribution in [2.45, 2.75) is 11.8 Å². The number of carbonyl (C=O) groups is 1. The third-order valence-electron chi connectivity index (χ3n) is 3.70. The maximum Gasteiger partial charge on any atom is 2.00 e. The molecule has 0 aliphatic rings. The molecule has 0 aliphatic heterocycles. The van der Waals surface area contributed by atoms with E-state index in [2.05, 4.69) is 79.4 Å². The van der Waals surface area contributed by atoms with E-state index in [1.165, 1.54) is 32.3 Å². The molecule has 0 aromatic heterocycles. The van der Waals surface area contributed by atoms with Crippen molar-refractivity contribution in [3.63, 3.8) is 0 Å². The fourth-order valence-corrected chi connectivity index (χ4v) is 3.12. The molecule has 0 saturated carbocycles. The molecule has 25 heavy (non-hydrogen) atoms. The maximum absolute atomic E-state index is 9.00. The third kappa shape index (κ3) is 4.64. The molecule has 4 rings (SSSR count). The van der Waals surface area contributed by atoms with Gasteiger partial charge in [-0.25, -0.2) is 0 Å². The van der Waals surface area contributed by atoms with E-state index in [4.69, 9.17) is 9.90 Å². The Kier molecular flexibility index (Phi) is 7.70. The summed E-state index contributed by atoms with van der Waals surface area (Å²) >= 11 is 4.62. The minimum atomic E-state index is -0.833. The summed E-state index contributed by atoms with van der Waals surface area (Å²) in [5.74, 6) is -0.833. The molecule has 0 fully saturated rings. The zero-order chi connectivity index (χ0) is 16.4. The molecule has 0 unspecified atom stereocenters. The minimum absolute atomic E-state index is 0. The number of aliphatic carboxylic acids is 1. The third-order valence-corrected chi connectivity index (χ3v) is 4.08. The number of benzene rings is 4. The molecule has 3 N–H and O–H groups in total. The van der Waals surface area contributed by atoms with Crippen LogP contribution >= 0.6 is 12.6 Å². The van der Waals surface area contributed by atoms with Crippen LogP contribution < -0.4 is 0 Å². The van der Waals surface area contributed by atoms with Gasteiger partial charge in [0.15, 0.2) is 0 Å². The molecular formula is C20H20MgO3S. The van der Waals surface area contributed by atoms with E-state index in [-0.39, 0.29) is 31.4 Å². The molecular weight excluding hydrogens is 345 g/mol. The number of thiol groups is 1. The van der Waals surface area contributed by atoms with Gasteiger partial charge in [-0.05, 0) is 45.1 Å². The Balaban J connectivity index is 0. The van der Waals surface area contributed by atoms with Gasteiger partial charge in [0.05, 0.1) is 0 Å². The molecule has 0 heterocycles. The van der Waals surface area contributed by atoms with E-state index in [1.54, 1.807) is 0 Å². The monoisotopic (exact) mass is 364 g/mol. The molecule has 3 nitrogen and oxygen atoms in total. The van der Waals surface area contributed by atoms with Crippen LogP contribution in [0.2, 0.25) is 0 Å². The summed E-state index contributed by atoms with van der Waals surface area (Å²) in [4.78, 5) is 10.0. The fraction of sp³-hybridized carbons (Fsp3) is 0.0500. The second kappa shape index (κ2) is 9.06. The van der Waals surface area contributed by atoms with Crippen molar-refractivity contribution in [3.05, 3.63) is 66.7 Å². The molecule has 5 heteroatoms. The Hall–Kier alpha value is -1.79. The van der Waals surface area contributed by atoms with E-state index in [0.717, 1.165) is 11.8 Å². The average Bonchev–Trinajstić information content (AvgIpc) is 2.52. The van der Waals surface area contributed by atoms with Gasteiger partial charge in [0.2, 0.25) is 0 Å². The number of rotatable bonds is 0. The van der Waals surface area contributed by atoms with Crippen LogP contribution in [0.3, 0.4) is 0 Å². The van der Waals surface area contributed by atoms with Gasteiger partial charge in [0, 0.05) is 17.2 Å². The molecule has 126 valence electrons. The Morgan fingerprint density at radius 2 is 1.40 bits per heavy atom. The standard InChI is InChI=1S/C18H12S.C2H4O2.Mg.H2O.2H/c19-17-7-3-6-12-8-9-15-10-13-4-1-2-5-14(13)11-16(15)18(12)17;1-2(3)4;;;;/h1-11,19H;1H3,(H,3,4);;1H2;;/q;;+2;;2*-1. The van der Waals surface area contributed by atoms with Crippen molar-refractivity contribution < 1.29 is 18.2 Å². The first-order valence-corrected chi connectivity index (χ1v) is 7.74. The number of carboxylic acids is 1. The molecule has 0 atom stereocenters. The molecule has 0 saturated heterocycles. The van der Waals surface area contributed by atoms with E-state index >= 15 is 0 Å². The zero-order valence-corrected chi connectivity index (χ0v) is 16.2. The Morgan fingerprint density at radius 1 is 0.880 bits per heavy atom. The summed E-state index contributed by atoms with van der Waals surface area (Å²) in [5.41, 5.74) is 0. The molecule has 0 amide bonds. The van der Waals surface area contributed by atoms with Gasteiger partial charge >= 0.3 is 23.1 Å². The number of hydrogen-bond donors (Lipinski definition) is 2. The van der Waals surface area contributed by atoms with E-state index in [9.17, 15) is 0 Å². The first kappa shape index (κ1) is 21.2. The molecule has 4 aromatic rings. The average molecular weight is 365 g/mol. The topological polar surface area (TPSA) is 68.8 Å². The van der Waals surface area contributed by atoms with Gasteiger partial charge in [-0.1, -0.05) is 48.5 Å². The summed E-state index contributed by atoms with van der Waals surface area (Å²) in [6.07, 6.45) is 0. The van der Waals surface area contributed by atoms with Crippen LogP contribution in [-0.4, -0.2) is 39.6 Å². The van der Waals surface area contributed by atoms with Crippen molar-refractivity contribution in [1.29, 1.82) is 0 Å². The summed E-state index contributed by atoms with van der Waals surface area (Å²) in [6, 6.07) is 23.6. The van der Waals surface area contributed by atoms with E-state index < -0.39 is 5.97 Å². The summed E-state index contributed by atoms with van der Waals surface area (Å²) < 4.78 is 0. The Morgan fingerprint density at radius 3 is 2.04 bits per heavy atom. The van der Waals surface area contributed by atoms with Gasteiger partial charge in [-0.3, -0.25) is 4.79 Å². The zero-order valence-electron chi connectivity index (χ0n) is 15.9. The van der Waals surface area contributed by atoms with Gasteiger partial charge in [-0.2, -0.15) is 0 Å². The van der Waals surface area contributed by atoms with Crippen molar-refractivity contribution >= 4 is 74.0 Å². The minimum Gasteiger partial charge on any atom is -1.00 e. The van der Waals surface area contributed by atoms with Crippen LogP contribution in [0.5, 0.6) is 0 Å². The molecule has 0 bridgehead atoms. The largest absolute Gasteiger partial charge is 2.00 e. The number of carboxylic acid groups (broad SMARTS) is 1. The first-order valence-electron chi connectivity index (χ1n) is 7.29. The van der Waals surface area contributed by atoms with Crippen LogP contribution in [-0.2, 0) is 4.79 Å². The fourth-order valence-electron chi connectivity index (χ4n) is 2.78. The van der Waals surface area contributed by atoms with Crippen LogP contribution in [0.1, 0.15) is 9.78 Å². The quantitative estimate of drug-likeness (QED) is 0.208. The van der Waals surface area contributed by atoms with E-state index in [1.807, 2.05) is 0 Å². The van der Waals surface area contributed by atoms with Crippen LogP contribution in [0, 0.1) is 0 Å². The van der Waals surface area contributed by atoms with Crippen molar-refractivity contribution in [1.82, 2.24) is 0 Å². The van der Waals surface area contributed by atoms with Crippen LogP contribution in [0.15, 0.2) is 71.6 Å².